The molecule has 20 heavy (non-hydrogen) atoms. The molecular weight excluding hydrogens is 257 g/mol. The van der Waals surface area contributed by atoms with Gasteiger partial charge in [-0.1, -0.05) is 18.2 Å². The predicted octanol–water partition coefficient (Wildman–Crippen LogP) is 2.76. The summed E-state index contributed by atoms with van der Waals surface area (Å²) in [5.74, 6) is 0.712. The molecule has 5 heteroatoms. The minimum atomic E-state index is -0.284. The second-order valence-electron chi connectivity index (χ2n) is 4.15. The van der Waals surface area contributed by atoms with E-state index in [1.54, 1.807) is 25.3 Å². The minimum absolute atomic E-state index is 0.196. The van der Waals surface area contributed by atoms with Crippen LogP contribution in [0.3, 0.4) is 0 Å². The summed E-state index contributed by atoms with van der Waals surface area (Å²) in [4.78, 5) is 4.11. The zero-order valence-corrected chi connectivity index (χ0v) is 11.1. The maximum Gasteiger partial charge on any atom is 0.193 e. The van der Waals surface area contributed by atoms with Crippen LogP contribution in [-0.2, 0) is 6.54 Å². The number of nitrogens with zero attached hydrogens (tertiary/aromatic N) is 1. The molecule has 2 aromatic rings. The fourth-order valence-corrected chi connectivity index (χ4v) is 1.66. The van der Waals surface area contributed by atoms with Crippen LogP contribution < -0.4 is 15.8 Å². The molecule has 0 saturated heterocycles. The number of nitrogens with one attached hydrogen (secondary N) is 1. The molecule has 0 saturated carbocycles. The summed E-state index contributed by atoms with van der Waals surface area (Å²) in [6, 6.07) is 13.8. The fraction of sp³-hybridized carbons (Fsp3) is 0.133. The molecule has 0 radical (unpaired) electrons. The first-order valence-corrected chi connectivity index (χ1v) is 6.13. The van der Waals surface area contributed by atoms with E-state index in [0.29, 0.717) is 5.56 Å². The minimum Gasteiger partial charge on any atom is -0.497 e. The van der Waals surface area contributed by atoms with Crippen LogP contribution in [0.15, 0.2) is 53.5 Å². The highest BCUT2D eigenvalue weighted by Gasteiger charge is 2.00. The van der Waals surface area contributed by atoms with E-state index in [1.807, 2.05) is 24.3 Å². The van der Waals surface area contributed by atoms with E-state index in [1.165, 1.54) is 6.07 Å². The number of halogens is 1. The van der Waals surface area contributed by atoms with Crippen LogP contribution >= 0.6 is 0 Å². The van der Waals surface area contributed by atoms with Gasteiger partial charge in [0.2, 0.25) is 0 Å². The van der Waals surface area contributed by atoms with Crippen molar-refractivity contribution in [2.75, 3.05) is 12.4 Å². The van der Waals surface area contributed by atoms with Gasteiger partial charge < -0.3 is 15.8 Å². The third-order valence-electron chi connectivity index (χ3n) is 2.74. The van der Waals surface area contributed by atoms with Gasteiger partial charge in [-0.3, -0.25) is 0 Å². The van der Waals surface area contributed by atoms with Gasteiger partial charge in [-0.15, -0.1) is 0 Å². The van der Waals surface area contributed by atoms with Crippen LogP contribution in [0, 0.1) is 5.82 Å². The Morgan fingerprint density at radius 3 is 2.55 bits per heavy atom. The molecule has 0 bridgehead atoms. The number of anilines is 1. The van der Waals surface area contributed by atoms with E-state index < -0.39 is 0 Å². The lowest BCUT2D eigenvalue weighted by atomic mass is 10.2. The summed E-state index contributed by atoms with van der Waals surface area (Å²) in [6.07, 6.45) is 0. The Balaban J connectivity index is 1.98. The van der Waals surface area contributed by atoms with Gasteiger partial charge in [0.05, 0.1) is 13.7 Å². The normalized spacial score (nSPS) is 11.2. The van der Waals surface area contributed by atoms with E-state index in [-0.39, 0.29) is 18.3 Å². The number of hydrogen-bond donors (Lipinski definition) is 2. The van der Waals surface area contributed by atoms with E-state index in [0.717, 1.165) is 11.4 Å². The Kier molecular flexibility index (Phi) is 4.55. The Bertz CT molecular complexity index is 596. The Morgan fingerprint density at radius 1 is 1.20 bits per heavy atom. The molecular formula is C15H16FN3O. The van der Waals surface area contributed by atoms with E-state index >= 15 is 0 Å². The van der Waals surface area contributed by atoms with Crippen LogP contribution in [0.1, 0.15) is 5.56 Å². The van der Waals surface area contributed by atoms with Gasteiger partial charge in [0.15, 0.2) is 5.96 Å². The van der Waals surface area contributed by atoms with Gasteiger partial charge in [0.25, 0.3) is 0 Å². The maximum atomic E-state index is 13.4. The Hall–Kier alpha value is -2.56. The number of rotatable bonds is 4. The van der Waals surface area contributed by atoms with E-state index in [4.69, 9.17) is 10.5 Å². The molecule has 0 aromatic heterocycles. The average Bonchev–Trinajstić information content (AvgIpc) is 2.47. The van der Waals surface area contributed by atoms with Crippen LogP contribution in [0.5, 0.6) is 5.75 Å². The van der Waals surface area contributed by atoms with Crippen molar-refractivity contribution in [1.82, 2.24) is 0 Å². The molecule has 0 aliphatic rings. The second kappa shape index (κ2) is 6.56. The first-order chi connectivity index (χ1) is 9.69. The lowest BCUT2D eigenvalue weighted by Gasteiger charge is -2.07. The van der Waals surface area contributed by atoms with E-state index in [2.05, 4.69) is 10.3 Å². The third kappa shape index (κ3) is 3.71. The maximum absolute atomic E-state index is 13.4. The molecule has 2 rings (SSSR count). The molecule has 0 unspecified atom stereocenters. The predicted molar refractivity (Wildman–Crippen MR) is 78.3 cm³/mol. The second-order valence-corrected chi connectivity index (χ2v) is 4.15. The van der Waals surface area contributed by atoms with Gasteiger partial charge in [0, 0.05) is 11.3 Å². The molecule has 0 atom stereocenters. The van der Waals surface area contributed by atoms with Crippen molar-refractivity contribution in [1.29, 1.82) is 0 Å². The summed E-state index contributed by atoms with van der Waals surface area (Å²) in [5.41, 5.74) is 7.06. The van der Waals surface area contributed by atoms with Crippen LogP contribution in [0.4, 0.5) is 10.1 Å². The monoisotopic (exact) mass is 273 g/mol. The summed E-state index contributed by atoms with van der Waals surface area (Å²) >= 11 is 0. The molecule has 0 amide bonds. The molecule has 2 aromatic carbocycles. The SMILES string of the molecule is COc1ccc(NC(N)=NCc2ccccc2F)cc1. The smallest absolute Gasteiger partial charge is 0.193 e. The first-order valence-electron chi connectivity index (χ1n) is 6.13. The van der Waals surface area contributed by atoms with Crippen molar-refractivity contribution in [2.45, 2.75) is 6.54 Å². The number of benzene rings is 2. The number of ether oxygens (including phenoxy) is 1. The average molecular weight is 273 g/mol. The summed E-state index contributed by atoms with van der Waals surface area (Å²) in [5, 5.41) is 2.93. The van der Waals surface area contributed by atoms with Crippen molar-refractivity contribution in [3.8, 4) is 5.75 Å². The molecule has 0 spiro atoms. The number of methoxy groups -OCH3 is 1. The largest absolute Gasteiger partial charge is 0.497 e. The molecule has 0 heterocycles. The van der Waals surface area contributed by atoms with Gasteiger partial charge in [-0.2, -0.15) is 0 Å². The van der Waals surface area contributed by atoms with Gasteiger partial charge in [0.1, 0.15) is 11.6 Å². The third-order valence-corrected chi connectivity index (χ3v) is 2.74. The van der Waals surface area contributed by atoms with Crippen LogP contribution in [0.2, 0.25) is 0 Å². The highest BCUT2D eigenvalue weighted by molar-refractivity contribution is 5.92. The quantitative estimate of drug-likeness (QED) is 0.665. The van der Waals surface area contributed by atoms with Gasteiger partial charge in [-0.05, 0) is 30.3 Å². The van der Waals surface area contributed by atoms with Crippen molar-refractivity contribution in [3.05, 3.63) is 59.9 Å². The van der Waals surface area contributed by atoms with Crippen molar-refractivity contribution < 1.29 is 9.13 Å². The molecule has 0 aliphatic heterocycles. The summed E-state index contributed by atoms with van der Waals surface area (Å²) in [6.45, 7) is 0.196. The molecule has 3 N–H and O–H groups in total. The highest BCUT2D eigenvalue weighted by atomic mass is 19.1. The molecule has 0 fully saturated rings. The number of guanidine groups is 1. The number of nitrogens with two attached hydrogens (primary N) is 1. The topological polar surface area (TPSA) is 59.6 Å². The fourth-order valence-electron chi connectivity index (χ4n) is 1.66. The van der Waals surface area contributed by atoms with Crippen molar-refractivity contribution in [3.63, 3.8) is 0 Å². The zero-order valence-electron chi connectivity index (χ0n) is 11.1. The summed E-state index contributed by atoms with van der Waals surface area (Å²) in [7, 11) is 1.60. The van der Waals surface area contributed by atoms with E-state index in [9.17, 15) is 4.39 Å². The molecule has 104 valence electrons. The van der Waals surface area contributed by atoms with Crippen molar-refractivity contribution >= 4 is 11.6 Å². The lowest BCUT2D eigenvalue weighted by Crippen LogP contribution is -2.22. The summed E-state index contributed by atoms with van der Waals surface area (Å²) < 4.78 is 18.5. The van der Waals surface area contributed by atoms with Crippen LogP contribution in [-0.4, -0.2) is 13.1 Å². The molecule has 0 aliphatic carbocycles. The number of aliphatic imine (C=N–C) groups is 1. The molecule has 4 nitrogen and oxygen atoms in total. The van der Waals surface area contributed by atoms with Gasteiger partial charge in [-0.25, -0.2) is 9.38 Å². The zero-order chi connectivity index (χ0) is 14.4. The van der Waals surface area contributed by atoms with Crippen molar-refractivity contribution in [2.24, 2.45) is 10.7 Å². The number of hydrogen-bond acceptors (Lipinski definition) is 2. The van der Waals surface area contributed by atoms with Gasteiger partial charge >= 0.3 is 0 Å². The standard InChI is InChI=1S/C15H16FN3O/c1-20-13-8-6-12(7-9-13)19-15(17)18-10-11-4-2-3-5-14(11)16/h2-9H,10H2,1H3,(H3,17,18,19). The first kappa shape index (κ1) is 13.9. The Labute approximate surface area is 117 Å². The lowest BCUT2D eigenvalue weighted by molar-refractivity contribution is 0.415. The Morgan fingerprint density at radius 2 is 1.90 bits per heavy atom. The van der Waals surface area contributed by atoms with Crippen LogP contribution in [0.25, 0.3) is 0 Å². The highest BCUT2D eigenvalue weighted by Crippen LogP contribution is 2.14.